The van der Waals surface area contributed by atoms with Gasteiger partial charge in [0.25, 0.3) is 0 Å². The molecular weight excluding hydrogens is 197 g/mol. The first-order valence-electron chi connectivity index (χ1n) is 4.92. The molecule has 3 atom stereocenters. The van der Waals surface area contributed by atoms with E-state index in [1.54, 1.807) is 0 Å². The fourth-order valence-electron chi connectivity index (χ4n) is 1.52. The normalized spacial score (nSPS) is 29.9. The van der Waals surface area contributed by atoms with Crippen molar-refractivity contribution in [3.8, 4) is 0 Å². The largest absolute Gasteiger partial charge is 0.452 e. The van der Waals surface area contributed by atoms with E-state index in [1.165, 1.54) is 7.05 Å². The molecule has 0 aromatic carbocycles. The molecule has 5 nitrogen and oxygen atoms in total. The Labute approximate surface area is 89.9 Å². The zero-order valence-electron chi connectivity index (χ0n) is 8.86. The van der Waals surface area contributed by atoms with Gasteiger partial charge in [0.05, 0.1) is 6.10 Å². The summed E-state index contributed by atoms with van der Waals surface area (Å²) >= 11 is 0. The predicted molar refractivity (Wildman–Crippen MR) is 53.3 cm³/mol. The number of hydrogen-bond donors (Lipinski definition) is 1. The van der Waals surface area contributed by atoms with Gasteiger partial charge in [0.15, 0.2) is 0 Å². The Morgan fingerprint density at radius 2 is 2.27 bits per heavy atom. The first-order valence-corrected chi connectivity index (χ1v) is 4.92. The minimum atomic E-state index is -0.890. The minimum absolute atomic E-state index is 0.214. The summed E-state index contributed by atoms with van der Waals surface area (Å²) in [6.07, 6.45) is 0.490. The standard InChI is InChI=1S/C9H14BNO4/c1-3-5-6(4-7(10)14-5)15-9(13)8(12)11-2/h5-7H,3-4H2,1-2H3,(H,11,12). The average Bonchev–Trinajstić information content (AvgIpc) is 2.57. The Morgan fingerprint density at radius 3 is 2.80 bits per heavy atom. The molecule has 1 heterocycles. The Balaban J connectivity index is 2.50. The van der Waals surface area contributed by atoms with Crippen LogP contribution in [0.1, 0.15) is 19.8 Å². The summed E-state index contributed by atoms with van der Waals surface area (Å²) in [6.45, 7) is 1.91. The lowest BCUT2D eigenvalue weighted by molar-refractivity contribution is -0.160. The maximum atomic E-state index is 11.2. The molecule has 0 bridgehead atoms. The molecule has 1 amide bonds. The zero-order chi connectivity index (χ0) is 11.4. The molecule has 15 heavy (non-hydrogen) atoms. The van der Waals surface area contributed by atoms with Crippen molar-refractivity contribution in [2.24, 2.45) is 0 Å². The molecule has 82 valence electrons. The summed E-state index contributed by atoms with van der Waals surface area (Å²) in [5.74, 6) is -1.65. The Bertz CT molecular complexity index is 258. The summed E-state index contributed by atoms with van der Waals surface area (Å²) in [6, 6.07) is -0.419. The number of hydrogen-bond acceptors (Lipinski definition) is 4. The molecule has 3 unspecified atom stereocenters. The van der Waals surface area contributed by atoms with Gasteiger partial charge in [-0.25, -0.2) is 4.79 Å². The van der Waals surface area contributed by atoms with E-state index >= 15 is 0 Å². The molecule has 1 rings (SSSR count). The molecule has 0 spiro atoms. The molecule has 0 saturated carbocycles. The van der Waals surface area contributed by atoms with Crippen LogP contribution in [0, 0.1) is 0 Å². The second kappa shape index (κ2) is 5.16. The highest BCUT2D eigenvalue weighted by atomic mass is 16.6. The average molecular weight is 211 g/mol. The fraction of sp³-hybridized carbons (Fsp3) is 0.778. The van der Waals surface area contributed by atoms with E-state index in [0.29, 0.717) is 12.8 Å². The third kappa shape index (κ3) is 2.96. The first kappa shape index (κ1) is 12.0. The number of carbonyl (C=O) groups excluding carboxylic acids is 2. The van der Waals surface area contributed by atoms with E-state index in [9.17, 15) is 9.59 Å². The van der Waals surface area contributed by atoms with Gasteiger partial charge in [0.2, 0.25) is 0 Å². The Morgan fingerprint density at radius 1 is 1.60 bits per heavy atom. The van der Waals surface area contributed by atoms with Crippen molar-refractivity contribution in [3.63, 3.8) is 0 Å². The molecule has 1 fully saturated rings. The smallest absolute Gasteiger partial charge is 0.397 e. The van der Waals surface area contributed by atoms with E-state index in [0.717, 1.165) is 0 Å². The topological polar surface area (TPSA) is 64.6 Å². The summed E-state index contributed by atoms with van der Waals surface area (Å²) in [7, 11) is 6.93. The molecule has 2 radical (unpaired) electrons. The first-order chi connectivity index (χ1) is 7.08. The number of likely N-dealkylation sites (N-methyl/N-ethyl adjacent to an activating group) is 1. The molecule has 6 heteroatoms. The Kier molecular flexibility index (Phi) is 4.14. The third-order valence-corrected chi connectivity index (χ3v) is 2.30. The van der Waals surface area contributed by atoms with Crippen LogP contribution in [0.5, 0.6) is 0 Å². The molecule has 0 aromatic heterocycles. The van der Waals surface area contributed by atoms with Crippen LogP contribution in [0.3, 0.4) is 0 Å². The lowest BCUT2D eigenvalue weighted by Crippen LogP contribution is -2.35. The molecule has 1 aliphatic heterocycles. The third-order valence-electron chi connectivity index (χ3n) is 2.30. The molecule has 1 saturated heterocycles. The van der Waals surface area contributed by atoms with Crippen LogP contribution in [-0.4, -0.2) is 45.0 Å². The highest BCUT2D eigenvalue weighted by Gasteiger charge is 2.35. The maximum Gasteiger partial charge on any atom is 0.397 e. The van der Waals surface area contributed by atoms with Gasteiger partial charge in [-0.05, 0) is 6.42 Å². The quantitative estimate of drug-likeness (QED) is 0.374. The molecule has 0 aliphatic carbocycles. The van der Waals surface area contributed by atoms with E-state index in [1.807, 2.05) is 6.92 Å². The second-order valence-electron chi connectivity index (χ2n) is 3.38. The predicted octanol–water partition coefficient (Wildman–Crippen LogP) is -0.662. The fourth-order valence-corrected chi connectivity index (χ4v) is 1.52. The number of ether oxygens (including phenoxy) is 2. The van der Waals surface area contributed by atoms with Crippen molar-refractivity contribution in [2.45, 2.75) is 38.0 Å². The van der Waals surface area contributed by atoms with Crippen molar-refractivity contribution in [3.05, 3.63) is 0 Å². The second-order valence-corrected chi connectivity index (χ2v) is 3.38. The SMILES string of the molecule is [B]C1CC(OC(=O)C(=O)NC)C(CC)O1. The molecule has 1 aliphatic rings. The summed E-state index contributed by atoms with van der Waals surface area (Å²) < 4.78 is 10.3. The lowest BCUT2D eigenvalue weighted by atomic mass is 9.96. The summed E-state index contributed by atoms with van der Waals surface area (Å²) in [5.41, 5.74) is 0. The van der Waals surface area contributed by atoms with Crippen LogP contribution in [0.15, 0.2) is 0 Å². The van der Waals surface area contributed by atoms with Crippen molar-refractivity contribution in [2.75, 3.05) is 7.05 Å². The van der Waals surface area contributed by atoms with Crippen molar-refractivity contribution in [1.82, 2.24) is 5.32 Å². The highest BCUT2D eigenvalue weighted by Crippen LogP contribution is 2.23. The summed E-state index contributed by atoms with van der Waals surface area (Å²) in [4.78, 5) is 22.1. The number of esters is 1. The van der Waals surface area contributed by atoms with Crippen molar-refractivity contribution < 1.29 is 19.1 Å². The summed E-state index contributed by atoms with van der Waals surface area (Å²) in [5, 5.41) is 2.20. The molecule has 1 N–H and O–H groups in total. The van der Waals surface area contributed by atoms with Crippen LogP contribution in [0.4, 0.5) is 0 Å². The molecule has 0 aromatic rings. The van der Waals surface area contributed by atoms with Gasteiger partial charge in [-0.3, -0.25) is 4.79 Å². The van der Waals surface area contributed by atoms with E-state index < -0.39 is 24.0 Å². The minimum Gasteiger partial charge on any atom is -0.452 e. The van der Waals surface area contributed by atoms with E-state index in [4.69, 9.17) is 17.3 Å². The van der Waals surface area contributed by atoms with Crippen LogP contribution >= 0.6 is 0 Å². The van der Waals surface area contributed by atoms with E-state index in [2.05, 4.69) is 5.32 Å². The highest BCUT2D eigenvalue weighted by molar-refractivity contribution is 6.32. The van der Waals surface area contributed by atoms with Crippen molar-refractivity contribution >= 4 is 19.7 Å². The molecular formula is C9H14BNO4. The van der Waals surface area contributed by atoms with E-state index in [-0.39, 0.29) is 6.10 Å². The monoisotopic (exact) mass is 211 g/mol. The number of nitrogens with one attached hydrogen (secondary N) is 1. The van der Waals surface area contributed by atoms with Gasteiger partial charge in [-0.1, -0.05) is 6.92 Å². The number of rotatable bonds is 2. The van der Waals surface area contributed by atoms with Crippen LogP contribution in [0.2, 0.25) is 0 Å². The Hall–Kier alpha value is -1.04. The van der Waals surface area contributed by atoms with Gasteiger partial charge in [-0.15, -0.1) is 0 Å². The van der Waals surface area contributed by atoms with Crippen LogP contribution < -0.4 is 5.32 Å². The van der Waals surface area contributed by atoms with Gasteiger partial charge < -0.3 is 14.8 Å². The number of carbonyl (C=O) groups is 2. The number of amides is 1. The zero-order valence-corrected chi connectivity index (χ0v) is 8.86. The van der Waals surface area contributed by atoms with Gasteiger partial charge >= 0.3 is 11.9 Å². The van der Waals surface area contributed by atoms with Crippen LogP contribution in [0.25, 0.3) is 0 Å². The lowest BCUT2D eigenvalue weighted by Gasteiger charge is -2.16. The van der Waals surface area contributed by atoms with Crippen molar-refractivity contribution in [1.29, 1.82) is 0 Å². The maximum absolute atomic E-state index is 11.2. The van der Waals surface area contributed by atoms with Gasteiger partial charge in [0, 0.05) is 19.5 Å². The van der Waals surface area contributed by atoms with Gasteiger partial charge in [0.1, 0.15) is 14.0 Å². The van der Waals surface area contributed by atoms with Crippen LogP contribution in [-0.2, 0) is 19.1 Å². The van der Waals surface area contributed by atoms with Gasteiger partial charge in [-0.2, -0.15) is 0 Å².